The molecule has 2 rings (SSSR count). The number of para-hydroxylation sites is 1. The molecule has 5 nitrogen and oxygen atoms in total. The Morgan fingerprint density at radius 1 is 1.55 bits per heavy atom. The highest BCUT2D eigenvalue weighted by molar-refractivity contribution is 7.99. The first-order valence-corrected chi connectivity index (χ1v) is 7.64. The zero-order chi connectivity index (χ0) is 14.6. The molecule has 1 fully saturated rings. The second-order valence-electron chi connectivity index (χ2n) is 4.90. The smallest absolute Gasteiger partial charge is 0.282 e. The predicted molar refractivity (Wildman–Crippen MR) is 78.6 cm³/mol. The normalized spacial score (nSPS) is 17.2. The Hall–Kier alpha value is -1.58. The number of nitriles is 1. The zero-order valence-electron chi connectivity index (χ0n) is 11.3. The molecule has 1 saturated carbocycles. The largest absolute Gasteiger partial charge is 0.299 e. The van der Waals surface area contributed by atoms with E-state index in [1.165, 1.54) is 17.8 Å². The van der Waals surface area contributed by atoms with Crippen LogP contribution in [0.4, 0.5) is 5.69 Å². The molecule has 0 aromatic heterocycles. The second kappa shape index (κ2) is 6.25. The lowest BCUT2D eigenvalue weighted by atomic mass is 9.98. The van der Waals surface area contributed by atoms with Crippen molar-refractivity contribution in [1.29, 1.82) is 5.26 Å². The van der Waals surface area contributed by atoms with Gasteiger partial charge >= 0.3 is 0 Å². The summed E-state index contributed by atoms with van der Waals surface area (Å²) in [7, 11) is 0. The Balaban J connectivity index is 2.14. The van der Waals surface area contributed by atoms with E-state index in [4.69, 9.17) is 0 Å². The number of nitro groups is 1. The van der Waals surface area contributed by atoms with Crippen molar-refractivity contribution in [2.24, 2.45) is 5.92 Å². The van der Waals surface area contributed by atoms with E-state index in [1.807, 2.05) is 6.92 Å². The van der Waals surface area contributed by atoms with E-state index in [2.05, 4.69) is 11.4 Å². The van der Waals surface area contributed by atoms with E-state index < -0.39 is 5.54 Å². The molecule has 1 unspecified atom stereocenters. The number of nitrogens with zero attached hydrogens (tertiary/aromatic N) is 2. The summed E-state index contributed by atoms with van der Waals surface area (Å²) in [6, 6.07) is 9.08. The van der Waals surface area contributed by atoms with Crippen molar-refractivity contribution in [2.75, 3.05) is 12.3 Å². The summed E-state index contributed by atoms with van der Waals surface area (Å²) >= 11 is 1.39. The third kappa shape index (κ3) is 3.11. The fourth-order valence-corrected chi connectivity index (χ4v) is 3.54. The van der Waals surface area contributed by atoms with E-state index in [9.17, 15) is 15.4 Å². The van der Waals surface area contributed by atoms with E-state index >= 15 is 0 Å². The van der Waals surface area contributed by atoms with Gasteiger partial charge in [-0.25, -0.2) is 0 Å². The van der Waals surface area contributed by atoms with Gasteiger partial charge in [-0.15, -0.1) is 11.8 Å². The van der Waals surface area contributed by atoms with Crippen LogP contribution in [-0.4, -0.2) is 22.8 Å². The van der Waals surface area contributed by atoms with Crippen molar-refractivity contribution in [1.82, 2.24) is 5.32 Å². The van der Waals surface area contributed by atoms with Gasteiger partial charge in [0, 0.05) is 11.8 Å². The zero-order valence-corrected chi connectivity index (χ0v) is 12.2. The number of hydrogen-bond donors (Lipinski definition) is 1. The van der Waals surface area contributed by atoms with E-state index in [-0.39, 0.29) is 10.6 Å². The number of nitrogens with one attached hydrogen (secondary N) is 1. The number of benzene rings is 1. The average Bonchev–Trinajstić information content (AvgIpc) is 3.29. The molecule has 0 heterocycles. The molecule has 1 aromatic carbocycles. The van der Waals surface area contributed by atoms with Crippen LogP contribution in [0.2, 0.25) is 0 Å². The molecule has 106 valence electrons. The molecule has 20 heavy (non-hydrogen) atoms. The van der Waals surface area contributed by atoms with E-state index in [1.54, 1.807) is 18.2 Å². The molecular weight excluding hydrogens is 274 g/mol. The minimum Gasteiger partial charge on any atom is -0.299 e. The lowest BCUT2D eigenvalue weighted by Gasteiger charge is -2.27. The summed E-state index contributed by atoms with van der Waals surface area (Å²) in [5.74, 6) is 0.898. The lowest BCUT2D eigenvalue weighted by molar-refractivity contribution is -0.387. The maximum Gasteiger partial charge on any atom is 0.282 e. The summed E-state index contributed by atoms with van der Waals surface area (Å²) in [5.41, 5.74) is -0.458. The number of thioether (sulfide) groups is 1. The van der Waals surface area contributed by atoms with Gasteiger partial charge < -0.3 is 0 Å². The van der Waals surface area contributed by atoms with Gasteiger partial charge in [-0.2, -0.15) is 5.26 Å². The first-order valence-electron chi connectivity index (χ1n) is 6.65. The van der Waals surface area contributed by atoms with Gasteiger partial charge in [0.1, 0.15) is 5.54 Å². The van der Waals surface area contributed by atoms with Gasteiger partial charge in [0.2, 0.25) is 0 Å². The van der Waals surface area contributed by atoms with Gasteiger partial charge in [0.15, 0.2) is 0 Å². The molecule has 1 aliphatic carbocycles. The molecule has 0 saturated heterocycles. The van der Waals surface area contributed by atoms with Crippen molar-refractivity contribution in [3.63, 3.8) is 0 Å². The van der Waals surface area contributed by atoms with Crippen molar-refractivity contribution in [3.8, 4) is 6.07 Å². The first kappa shape index (κ1) is 14.8. The Morgan fingerprint density at radius 2 is 2.25 bits per heavy atom. The summed E-state index contributed by atoms with van der Waals surface area (Å²) in [6.07, 6.45) is 2.11. The van der Waals surface area contributed by atoms with Crippen LogP contribution in [-0.2, 0) is 0 Å². The van der Waals surface area contributed by atoms with Crippen LogP contribution in [0.15, 0.2) is 29.2 Å². The van der Waals surface area contributed by atoms with Crippen LogP contribution in [0.25, 0.3) is 0 Å². The van der Waals surface area contributed by atoms with Crippen LogP contribution in [0, 0.1) is 27.4 Å². The molecule has 0 amide bonds. The second-order valence-corrected chi connectivity index (χ2v) is 5.92. The Bertz CT molecular complexity index is 539. The lowest BCUT2D eigenvalue weighted by Crippen LogP contribution is -2.48. The fraction of sp³-hybridized carbons (Fsp3) is 0.500. The number of hydrogen-bond acceptors (Lipinski definition) is 5. The standard InChI is InChI=1S/C14H17N3O2S/c1-2-16-14(9-15,11-7-8-11)10-20-13-6-4-3-5-12(13)17(18)19/h3-6,11,16H,2,7-8,10H2,1H3. The van der Waals surface area contributed by atoms with Gasteiger partial charge in [-0.1, -0.05) is 19.1 Å². The molecule has 0 spiro atoms. The van der Waals surface area contributed by atoms with Gasteiger partial charge in [0.25, 0.3) is 5.69 Å². The Morgan fingerprint density at radius 3 is 2.80 bits per heavy atom. The van der Waals surface area contributed by atoms with Crippen LogP contribution in [0.3, 0.4) is 0 Å². The highest BCUT2D eigenvalue weighted by atomic mass is 32.2. The molecule has 6 heteroatoms. The van der Waals surface area contributed by atoms with Crippen LogP contribution in [0.1, 0.15) is 19.8 Å². The molecule has 1 aromatic rings. The number of nitro benzene ring substituents is 1. The van der Waals surface area contributed by atoms with Crippen molar-refractivity contribution in [3.05, 3.63) is 34.4 Å². The average molecular weight is 291 g/mol. The minimum absolute atomic E-state index is 0.108. The molecule has 1 N–H and O–H groups in total. The first-order chi connectivity index (χ1) is 9.63. The quantitative estimate of drug-likeness (QED) is 0.474. The summed E-state index contributed by atoms with van der Waals surface area (Å²) < 4.78 is 0. The predicted octanol–water partition coefficient (Wildman–Crippen LogP) is 2.97. The highest BCUT2D eigenvalue weighted by Crippen LogP contribution is 2.43. The van der Waals surface area contributed by atoms with Crippen molar-refractivity contribution in [2.45, 2.75) is 30.2 Å². The molecule has 1 aliphatic rings. The van der Waals surface area contributed by atoms with Gasteiger partial charge in [-0.3, -0.25) is 15.4 Å². The maximum atomic E-state index is 11.0. The molecule has 0 radical (unpaired) electrons. The maximum absolute atomic E-state index is 11.0. The molecule has 0 bridgehead atoms. The SMILES string of the molecule is CCNC(C#N)(CSc1ccccc1[N+](=O)[O-])C1CC1. The summed E-state index contributed by atoms with van der Waals surface area (Å²) in [4.78, 5) is 11.2. The van der Waals surface area contributed by atoms with Gasteiger partial charge in [-0.05, 0) is 31.4 Å². The molecular formula is C14H17N3O2S. The Labute approximate surface area is 122 Å². The van der Waals surface area contributed by atoms with Crippen LogP contribution < -0.4 is 5.32 Å². The third-order valence-corrected chi connectivity index (χ3v) is 4.74. The van der Waals surface area contributed by atoms with Gasteiger partial charge in [0.05, 0.1) is 15.9 Å². The summed E-state index contributed by atoms with van der Waals surface area (Å²) in [6.45, 7) is 2.70. The number of rotatable bonds is 7. The molecule has 1 atom stereocenters. The third-order valence-electron chi connectivity index (χ3n) is 3.48. The van der Waals surface area contributed by atoms with Crippen molar-refractivity contribution < 1.29 is 4.92 Å². The Kier molecular flexibility index (Phi) is 4.63. The topological polar surface area (TPSA) is 79.0 Å². The minimum atomic E-state index is -0.566. The molecule has 0 aliphatic heterocycles. The van der Waals surface area contributed by atoms with Crippen LogP contribution >= 0.6 is 11.8 Å². The highest BCUT2D eigenvalue weighted by Gasteiger charge is 2.45. The van der Waals surface area contributed by atoms with E-state index in [0.29, 0.717) is 16.6 Å². The van der Waals surface area contributed by atoms with Crippen LogP contribution in [0.5, 0.6) is 0 Å². The fourth-order valence-electron chi connectivity index (χ4n) is 2.29. The monoisotopic (exact) mass is 291 g/mol. The summed E-state index contributed by atoms with van der Waals surface area (Å²) in [5, 5.41) is 23.8. The van der Waals surface area contributed by atoms with Crippen molar-refractivity contribution >= 4 is 17.4 Å². The van der Waals surface area contributed by atoms with E-state index in [0.717, 1.165) is 19.4 Å².